The molecule has 114 valence electrons. The van der Waals surface area contributed by atoms with E-state index in [0.717, 1.165) is 4.90 Å². The summed E-state index contributed by atoms with van der Waals surface area (Å²) in [5, 5.41) is 2.55. The van der Waals surface area contributed by atoms with Crippen molar-refractivity contribution in [3.63, 3.8) is 0 Å². The van der Waals surface area contributed by atoms with Gasteiger partial charge in [0.15, 0.2) is 0 Å². The molecule has 2 aromatic carbocycles. The van der Waals surface area contributed by atoms with E-state index in [4.69, 9.17) is 5.73 Å². The number of amides is 2. The molecule has 0 aromatic heterocycles. The minimum absolute atomic E-state index is 0.118. The van der Waals surface area contributed by atoms with Gasteiger partial charge in [0.05, 0.1) is 5.25 Å². The molecule has 4 nitrogen and oxygen atoms in total. The highest BCUT2D eigenvalue weighted by Crippen LogP contribution is 2.24. The Balaban J connectivity index is 2.00. The molecule has 2 amide bonds. The normalized spacial score (nSPS) is 11.7. The molecule has 0 aliphatic heterocycles. The average Bonchev–Trinajstić information content (AvgIpc) is 2.49. The van der Waals surface area contributed by atoms with Crippen LogP contribution in [0.5, 0.6) is 0 Å². The van der Waals surface area contributed by atoms with Crippen molar-refractivity contribution < 1.29 is 9.59 Å². The second-order valence-corrected chi connectivity index (χ2v) is 6.42. The van der Waals surface area contributed by atoms with E-state index in [1.807, 2.05) is 38.1 Å². The summed E-state index contributed by atoms with van der Waals surface area (Å²) in [6, 6.07) is 14.6. The molecule has 0 saturated carbocycles. The molecule has 22 heavy (non-hydrogen) atoms. The first-order chi connectivity index (χ1) is 10.5. The number of primary amides is 1. The summed E-state index contributed by atoms with van der Waals surface area (Å²) in [5.41, 5.74) is 7.36. The van der Waals surface area contributed by atoms with Crippen LogP contribution in [0, 0.1) is 6.92 Å². The highest BCUT2D eigenvalue weighted by Gasteiger charge is 2.15. The van der Waals surface area contributed by atoms with E-state index in [1.165, 1.54) is 17.3 Å². The van der Waals surface area contributed by atoms with E-state index in [-0.39, 0.29) is 11.2 Å². The summed E-state index contributed by atoms with van der Waals surface area (Å²) in [5.74, 6) is -0.634. The third kappa shape index (κ3) is 4.36. The Morgan fingerprint density at radius 3 is 2.45 bits per heavy atom. The number of nitrogens with two attached hydrogens (primary N) is 1. The first-order valence-corrected chi connectivity index (χ1v) is 7.78. The number of anilines is 1. The van der Waals surface area contributed by atoms with Crippen molar-refractivity contribution in [1.29, 1.82) is 0 Å². The largest absolute Gasteiger partial charge is 0.366 e. The Kier molecular flexibility index (Phi) is 5.22. The van der Waals surface area contributed by atoms with Gasteiger partial charge in [-0.25, -0.2) is 0 Å². The van der Waals surface area contributed by atoms with Gasteiger partial charge in [-0.15, -0.1) is 11.8 Å². The molecule has 0 fully saturated rings. The number of aryl methyl sites for hydroxylation is 1. The zero-order chi connectivity index (χ0) is 16.1. The van der Waals surface area contributed by atoms with Crippen molar-refractivity contribution in [1.82, 2.24) is 0 Å². The van der Waals surface area contributed by atoms with E-state index < -0.39 is 5.91 Å². The van der Waals surface area contributed by atoms with E-state index >= 15 is 0 Å². The summed E-state index contributed by atoms with van der Waals surface area (Å²) in [4.78, 5) is 24.4. The van der Waals surface area contributed by atoms with E-state index in [9.17, 15) is 9.59 Å². The number of hydrogen-bond acceptors (Lipinski definition) is 3. The van der Waals surface area contributed by atoms with E-state index in [2.05, 4.69) is 5.32 Å². The summed E-state index contributed by atoms with van der Waals surface area (Å²) in [7, 11) is 0. The van der Waals surface area contributed by atoms with Crippen LogP contribution in [0.1, 0.15) is 22.8 Å². The van der Waals surface area contributed by atoms with Gasteiger partial charge >= 0.3 is 0 Å². The number of thioether (sulfide) groups is 1. The highest BCUT2D eigenvalue weighted by atomic mass is 32.2. The molecule has 2 aromatic rings. The lowest BCUT2D eigenvalue weighted by molar-refractivity contribution is -0.115. The van der Waals surface area contributed by atoms with Crippen LogP contribution in [0.2, 0.25) is 0 Å². The maximum absolute atomic E-state index is 12.2. The Bertz CT molecular complexity index is 683. The SMILES string of the molecule is Cc1ccc(SC(C)C(=O)Nc2cccc(C(N)=O)c2)cc1. The van der Waals surface area contributed by atoms with Crippen molar-refractivity contribution >= 4 is 29.3 Å². The van der Waals surface area contributed by atoms with Crippen LogP contribution < -0.4 is 11.1 Å². The number of benzene rings is 2. The number of carbonyl (C=O) groups is 2. The molecule has 1 unspecified atom stereocenters. The number of rotatable bonds is 5. The maximum Gasteiger partial charge on any atom is 0.248 e. The van der Waals surface area contributed by atoms with Crippen LogP contribution in [-0.4, -0.2) is 17.1 Å². The minimum atomic E-state index is -0.516. The van der Waals surface area contributed by atoms with Crippen LogP contribution in [0.4, 0.5) is 5.69 Å². The quantitative estimate of drug-likeness (QED) is 0.832. The summed E-state index contributed by atoms with van der Waals surface area (Å²) in [6.07, 6.45) is 0. The van der Waals surface area contributed by atoms with Crippen LogP contribution in [-0.2, 0) is 4.79 Å². The zero-order valence-electron chi connectivity index (χ0n) is 12.5. The molecule has 0 aliphatic rings. The molecule has 3 N–H and O–H groups in total. The fourth-order valence-electron chi connectivity index (χ4n) is 1.87. The minimum Gasteiger partial charge on any atom is -0.366 e. The Morgan fingerprint density at radius 1 is 1.14 bits per heavy atom. The van der Waals surface area contributed by atoms with Gasteiger partial charge in [0.25, 0.3) is 0 Å². The van der Waals surface area contributed by atoms with Crippen LogP contribution in [0.25, 0.3) is 0 Å². The van der Waals surface area contributed by atoms with Gasteiger partial charge in [-0.1, -0.05) is 23.8 Å². The molecule has 0 aliphatic carbocycles. The molecule has 2 rings (SSSR count). The molecule has 1 atom stereocenters. The van der Waals surface area contributed by atoms with Crippen molar-refractivity contribution in [3.8, 4) is 0 Å². The van der Waals surface area contributed by atoms with E-state index in [0.29, 0.717) is 11.3 Å². The summed E-state index contributed by atoms with van der Waals surface area (Å²) < 4.78 is 0. The lowest BCUT2D eigenvalue weighted by atomic mass is 10.2. The van der Waals surface area contributed by atoms with Gasteiger partial charge in [-0.3, -0.25) is 9.59 Å². The molecular formula is C17H18N2O2S. The van der Waals surface area contributed by atoms with Gasteiger partial charge < -0.3 is 11.1 Å². The Labute approximate surface area is 134 Å². The third-order valence-electron chi connectivity index (χ3n) is 3.12. The third-order valence-corrected chi connectivity index (χ3v) is 4.23. The maximum atomic E-state index is 12.2. The first-order valence-electron chi connectivity index (χ1n) is 6.90. The van der Waals surface area contributed by atoms with Gasteiger partial charge in [0.2, 0.25) is 11.8 Å². The first kappa shape index (κ1) is 16.1. The average molecular weight is 314 g/mol. The fraction of sp³-hybridized carbons (Fsp3) is 0.176. The number of carbonyl (C=O) groups excluding carboxylic acids is 2. The van der Waals surface area contributed by atoms with Gasteiger partial charge in [0.1, 0.15) is 0 Å². The van der Waals surface area contributed by atoms with Gasteiger partial charge in [0, 0.05) is 16.1 Å². The second-order valence-electron chi connectivity index (χ2n) is 5.01. The lowest BCUT2D eigenvalue weighted by Crippen LogP contribution is -2.22. The second kappa shape index (κ2) is 7.13. The molecule has 0 spiro atoms. The summed E-state index contributed by atoms with van der Waals surface area (Å²) >= 11 is 1.49. The summed E-state index contributed by atoms with van der Waals surface area (Å²) in [6.45, 7) is 3.87. The highest BCUT2D eigenvalue weighted by molar-refractivity contribution is 8.00. The van der Waals surface area contributed by atoms with Gasteiger partial charge in [-0.05, 0) is 44.2 Å². The molecule has 0 radical (unpaired) electrons. The van der Waals surface area contributed by atoms with Crippen molar-refractivity contribution in [3.05, 3.63) is 59.7 Å². The Morgan fingerprint density at radius 2 is 1.82 bits per heavy atom. The van der Waals surface area contributed by atoms with Crippen LogP contribution in [0.15, 0.2) is 53.4 Å². The number of hydrogen-bond donors (Lipinski definition) is 2. The predicted molar refractivity (Wildman–Crippen MR) is 90.1 cm³/mol. The predicted octanol–water partition coefficient (Wildman–Crippen LogP) is 3.21. The fourth-order valence-corrected chi connectivity index (χ4v) is 2.74. The van der Waals surface area contributed by atoms with Crippen LogP contribution >= 0.6 is 11.8 Å². The standard InChI is InChI=1S/C17H18N2O2S/c1-11-6-8-15(9-7-11)22-12(2)17(21)19-14-5-3-4-13(10-14)16(18)20/h3-10,12H,1-2H3,(H2,18,20)(H,19,21). The Hall–Kier alpha value is -2.27. The molecule has 5 heteroatoms. The van der Waals surface area contributed by atoms with Crippen molar-refractivity contribution in [2.45, 2.75) is 24.0 Å². The number of nitrogens with one attached hydrogen (secondary N) is 1. The molecule has 0 bridgehead atoms. The molecule has 0 heterocycles. The monoisotopic (exact) mass is 314 g/mol. The van der Waals surface area contributed by atoms with Gasteiger partial charge in [-0.2, -0.15) is 0 Å². The molecule has 0 saturated heterocycles. The lowest BCUT2D eigenvalue weighted by Gasteiger charge is -2.12. The molecular weight excluding hydrogens is 296 g/mol. The smallest absolute Gasteiger partial charge is 0.248 e. The van der Waals surface area contributed by atoms with Crippen LogP contribution in [0.3, 0.4) is 0 Å². The topological polar surface area (TPSA) is 72.2 Å². The van der Waals surface area contributed by atoms with Crippen molar-refractivity contribution in [2.24, 2.45) is 5.73 Å². The van der Waals surface area contributed by atoms with E-state index in [1.54, 1.807) is 24.3 Å². The zero-order valence-corrected chi connectivity index (χ0v) is 13.3. The van der Waals surface area contributed by atoms with Crippen molar-refractivity contribution in [2.75, 3.05) is 5.32 Å².